The van der Waals surface area contributed by atoms with Gasteiger partial charge in [0.2, 0.25) is 0 Å². The summed E-state index contributed by atoms with van der Waals surface area (Å²) in [7, 11) is 0. The average Bonchev–Trinajstić information content (AvgIpc) is 3.29. The van der Waals surface area contributed by atoms with Crippen LogP contribution in [0.1, 0.15) is 22.4 Å². The molecule has 0 atom stereocenters. The Hall–Kier alpha value is -4.05. The van der Waals surface area contributed by atoms with Crippen LogP contribution in [-0.4, -0.2) is 24.3 Å². The van der Waals surface area contributed by atoms with Crippen LogP contribution in [0.5, 0.6) is 0 Å². The van der Waals surface area contributed by atoms with Crippen molar-refractivity contribution in [1.82, 2.24) is 24.3 Å². The van der Waals surface area contributed by atoms with Gasteiger partial charge in [-0.25, -0.2) is 14.6 Å². The Balaban J connectivity index is 1.60. The zero-order valence-corrected chi connectivity index (χ0v) is 23.2. The molecular formula is C30H25IN6O. The van der Waals surface area contributed by atoms with E-state index < -0.39 is 0 Å². The summed E-state index contributed by atoms with van der Waals surface area (Å²) in [6.07, 6.45) is 1.46. The van der Waals surface area contributed by atoms with Crippen molar-refractivity contribution in [3.8, 4) is 16.9 Å². The molecule has 38 heavy (non-hydrogen) atoms. The summed E-state index contributed by atoms with van der Waals surface area (Å²) in [5.74, 6) is 0.375. The van der Waals surface area contributed by atoms with Crippen LogP contribution in [-0.2, 0) is 11.0 Å². The molecule has 0 fully saturated rings. The quantitative estimate of drug-likeness (QED) is 0.191. The molecule has 0 aliphatic rings. The summed E-state index contributed by atoms with van der Waals surface area (Å²) in [6.45, 7) is 4.32. The fraction of sp³-hybridized carbons (Fsp3) is 0.133. The van der Waals surface area contributed by atoms with Gasteiger partial charge in [0.05, 0.1) is 23.0 Å². The zero-order valence-electron chi connectivity index (χ0n) is 21.0. The van der Waals surface area contributed by atoms with E-state index in [9.17, 15) is 4.79 Å². The van der Waals surface area contributed by atoms with Crippen molar-refractivity contribution in [2.24, 2.45) is 0 Å². The number of rotatable bonds is 5. The molecule has 0 spiro atoms. The number of anilines is 1. The van der Waals surface area contributed by atoms with Crippen molar-refractivity contribution >= 4 is 50.2 Å². The van der Waals surface area contributed by atoms with Gasteiger partial charge in [-0.05, 0) is 48.1 Å². The number of nitrogens with two attached hydrogens (primary N) is 1. The van der Waals surface area contributed by atoms with Crippen molar-refractivity contribution < 1.29 is 0 Å². The number of benzene rings is 3. The van der Waals surface area contributed by atoms with E-state index in [4.69, 9.17) is 10.8 Å². The molecule has 3 heterocycles. The zero-order chi connectivity index (χ0) is 26.4. The van der Waals surface area contributed by atoms with E-state index in [0.717, 1.165) is 43.6 Å². The molecule has 0 aliphatic carbocycles. The Kier molecular flexibility index (Phi) is 6.19. The first-order valence-corrected chi connectivity index (χ1v) is 13.8. The van der Waals surface area contributed by atoms with E-state index >= 15 is 0 Å². The number of hydrogen-bond donors (Lipinski definition) is 1. The van der Waals surface area contributed by atoms with E-state index in [2.05, 4.69) is 62.9 Å². The lowest BCUT2D eigenvalue weighted by molar-refractivity contribution is 0.671. The predicted molar refractivity (Wildman–Crippen MR) is 161 cm³/mol. The Morgan fingerprint density at radius 2 is 1.66 bits per heavy atom. The molecule has 188 valence electrons. The Morgan fingerprint density at radius 3 is 2.42 bits per heavy atom. The minimum absolute atomic E-state index is 0.0508. The summed E-state index contributed by atoms with van der Waals surface area (Å²) in [4.78, 5) is 22.8. The van der Waals surface area contributed by atoms with Gasteiger partial charge in [-0.3, -0.25) is 9.36 Å². The van der Waals surface area contributed by atoms with Gasteiger partial charge >= 0.3 is 0 Å². The number of nitrogen functional groups attached to an aromatic ring is 1. The second kappa shape index (κ2) is 9.68. The van der Waals surface area contributed by atoms with Gasteiger partial charge in [-0.2, -0.15) is 5.10 Å². The molecule has 0 radical (unpaired) electrons. The fourth-order valence-electron chi connectivity index (χ4n) is 5.03. The number of fused-ring (bicyclic) bond motifs is 2. The topological polar surface area (TPSA) is 91.6 Å². The second-order valence-electron chi connectivity index (χ2n) is 9.40. The summed E-state index contributed by atoms with van der Waals surface area (Å²) in [5, 5.41) is 7.29. The number of halogens is 1. The highest BCUT2D eigenvalue weighted by atomic mass is 127. The lowest BCUT2D eigenvalue weighted by Crippen LogP contribution is -2.25. The van der Waals surface area contributed by atoms with Crippen LogP contribution in [0.15, 0.2) is 83.9 Å². The van der Waals surface area contributed by atoms with Gasteiger partial charge in [-0.1, -0.05) is 83.3 Å². The SMILES string of the molecule is Cc1ccccc1-n1c(Cn2nc(-c3ccc(CI)cc3)c3c(N)ncnc32)cc2cccc(C)c2c1=O. The summed E-state index contributed by atoms with van der Waals surface area (Å²) >= 11 is 2.35. The highest BCUT2D eigenvalue weighted by Gasteiger charge is 2.20. The third-order valence-corrected chi connectivity index (χ3v) is 7.82. The minimum Gasteiger partial charge on any atom is -0.383 e. The van der Waals surface area contributed by atoms with E-state index in [1.165, 1.54) is 11.9 Å². The van der Waals surface area contributed by atoms with Gasteiger partial charge < -0.3 is 5.73 Å². The highest BCUT2D eigenvalue weighted by molar-refractivity contribution is 14.1. The molecule has 0 amide bonds. The maximum Gasteiger partial charge on any atom is 0.263 e. The van der Waals surface area contributed by atoms with E-state index in [-0.39, 0.29) is 5.56 Å². The molecule has 6 aromatic rings. The molecule has 0 bridgehead atoms. The Bertz CT molecular complexity index is 1890. The molecule has 0 aliphatic heterocycles. The van der Waals surface area contributed by atoms with E-state index in [0.29, 0.717) is 28.8 Å². The van der Waals surface area contributed by atoms with Gasteiger partial charge in [0.15, 0.2) is 5.65 Å². The highest BCUT2D eigenvalue weighted by Crippen LogP contribution is 2.31. The first-order chi connectivity index (χ1) is 18.5. The maximum atomic E-state index is 14.0. The number of aromatic nitrogens is 5. The number of nitrogens with zero attached hydrogens (tertiary/aromatic N) is 5. The smallest absolute Gasteiger partial charge is 0.263 e. The molecule has 0 saturated carbocycles. The number of alkyl halides is 1. The van der Waals surface area contributed by atoms with E-state index in [1.807, 2.05) is 61.0 Å². The first-order valence-electron chi connectivity index (χ1n) is 12.3. The number of aryl methyl sites for hydroxylation is 2. The predicted octanol–water partition coefficient (Wildman–Crippen LogP) is 5.98. The Morgan fingerprint density at radius 1 is 0.895 bits per heavy atom. The summed E-state index contributed by atoms with van der Waals surface area (Å²) < 4.78 is 4.55. The molecule has 3 aromatic heterocycles. The number of pyridine rings is 1. The monoisotopic (exact) mass is 612 g/mol. The molecule has 6 rings (SSSR count). The lowest BCUT2D eigenvalue weighted by atomic mass is 10.1. The summed E-state index contributed by atoms with van der Waals surface area (Å²) in [6, 6.07) is 24.2. The standard InChI is InChI=1S/C30H25IN6O/c1-18-6-3-4-9-24(18)37-23(14-22-8-5-7-19(2)25(22)30(37)38)16-36-29-26(28(32)33-17-34-29)27(35-36)21-12-10-20(15-31)11-13-21/h3-14,17H,15-16H2,1-2H3,(H2,32,33,34). The van der Waals surface area contributed by atoms with Crippen molar-refractivity contribution in [3.05, 3.63) is 112 Å². The maximum absolute atomic E-state index is 14.0. The van der Waals surface area contributed by atoms with Crippen LogP contribution < -0.4 is 11.3 Å². The van der Waals surface area contributed by atoms with Crippen LogP contribution >= 0.6 is 22.6 Å². The fourth-order valence-corrected chi connectivity index (χ4v) is 5.54. The van der Waals surface area contributed by atoms with Crippen LogP contribution in [0.2, 0.25) is 0 Å². The number of hydrogen-bond acceptors (Lipinski definition) is 5. The average molecular weight is 612 g/mol. The normalized spacial score (nSPS) is 11.4. The first kappa shape index (κ1) is 24.3. The van der Waals surface area contributed by atoms with Crippen LogP contribution in [0.4, 0.5) is 5.82 Å². The Labute approximate surface area is 233 Å². The minimum atomic E-state index is -0.0508. The van der Waals surface area contributed by atoms with Gasteiger partial charge in [-0.15, -0.1) is 0 Å². The van der Waals surface area contributed by atoms with Crippen LogP contribution in [0, 0.1) is 13.8 Å². The molecule has 8 heteroatoms. The molecular weight excluding hydrogens is 587 g/mol. The molecule has 0 unspecified atom stereocenters. The van der Waals surface area contributed by atoms with Crippen LogP contribution in [0.3, 0.4) is 0 Å². The van der Waals surface area contributed by atoms with E-state index in [1.54, 1.807) is 4.57 Å². The largest absolute Gasteiger partial charge is 0.383 e. The van der Waals surface area contributed by atoms with Gasteiger partial charge in [0.1, 0.15) is 17.8 Å². The van der Waals surface area contributed by atoms with Crippen molar-refractivity contribution in [3.63, 3.8) is 0 Å². The lowest BCUT2D eigenvalue weighted by Gasteiger charge is -2.17. The van der Waals surface area contributed by atoms with Crippen molar-refractivity contribution in [2.75, 3.05) is 5.73 Å². The van der Waals surface area contributed by atoms with Crippen molar-refractivity contribution in [2.45, 2.75) is 24.8 Å². The van der Waals surface area contributed by atoms with Crippen molar-refractivity contribution in [1.29, 1.82) is 0 Å². The van der Waals surface area contributed by atoms with Gasteiger partial charge in [0, 0.05) is 15.7 Å². The van der Waals surface area contributed by atoms with Gasteiger partial charge in [0.25, 0.3) is 5.56 Å². The molecule has 2 N–H and O–H groups in total. The summed E-state index contributed by atoms with van der Waals surface area (Å²) in [5.41, 5.74) is 13.4. The number of para-hydroxylation sites is 1. The third-order valence-electron chi connectivity index (χ3n) is 6.94. The second-order valence-corrected chi connectivity index (χ2v) is 10.2. The molecule has 0 saturated heterocycles. The molecule has 3 aromatic carbocycles. The third kappa shape index (κ3) is 4.05. The van der Waals surface area contributed by atoms with Crippen LogP contribution in [0.25, 0.3) is 38.8 Å². The molecule has 7 nitrogen and oxygen atoms in total.